The highest BCUT2D eigenvalue weighted by atomic mass is 79.9. The zero-order chi connectivity index (χ0) is 73.8. The van der Waals surface area contributed by atoms with Crippen molar-refractivity contribution in [1.82, 2.24) is 20.3 Å². The molecule has 2 saturated carbocycles. The first-order valence-corrected chi connectivity index (χ1v) is 38.6. The maximum absolute atomic E-state index is 12.8. The number of nitro benzene ring substituents is 4. The number of thiocarbonyl (C=S) groups is 1. The van der Waals surface area contributed by atoms with Crippen LogP contribution in [0.1, 0.15) is 134 Å². The molecule has 0 radical (unpaired) electrons. The first-order chi connectivity index (χ1) is 46.9. The number of thioether (sulfide) groups is 1. The van der Waals surface area contributed by atoms with E-state index in [9.17, 15) is 66.9 Å². The summed E-state index contributed by atoms with van der Waals surface area (Å²) in [6.45, 7) is 4.27. The topological polar surface area (TPSA) is 483 Å². The molecule has 0 aromatic heterocycles. The van der Waals surface area contributed by atoms with Crippen LogP contribution >= 0.6 is 50.6 Å². The third kappa shape index (κ3) is 34.2. The van der Waals surface area contributed by atoms with Crippen LogP contribution in [0.25, 0.3) is 0 Å². The third-order valence-electron chi connectivity index (χ3n) is 16.2. The van der Waals surface area contributed by atoms with Crippen LogP contribution in [0.2, 0.25) is 0 Å². The summed E-state index contributed by atoms with van der Waals surface area (Å²) in [4.78, 5) is 74.8. The number of halogens is 3. The van der Waals surface area contributed by atoms with Crippen LogP contribution in [0.4, 0.5) is 22.7 Å². The largest absolute Gasteiger partial charge is 1.00 e. The van der Waals surface area contributed by atoms with Crippen molar-refractivity contribution >= 4 is 126 Å². The van der Waals surface area contributed by atoms with Gasteiger partial charge in [0.25, 0.3) is 39.7 Å². The van der Waals surface area contributed by atoms with Gasteiger partial charge in [0.15, 0.2) is 5.11 Å². The van der Waals surface area contributed by atoms with Crippen LogP contribution in [0.15, 0.2) is 107 Å². The first-order valence-electron chi connectivity index (χ1n) is 32.0. The second kappa shape index (κ2) is 49.1. The molecule has 2 aliphatic carbocycles. The summed E-state index contributed by atoms with van der Waals surface area (Å²) in [7, 11) is -1.06. The summed E-state index contributed by atoms with van der Waals surface area (Å²) in [5.41, 5.74) is 16.5. The molecule has 0 unspecified atom stereocenters. The lowest BCUT2D eigenvalue weighted by Gasteiger charge is -2.34. The molecule has 0 bridgehead atoms. The Labute approximate surface area is 630 Å². The smallest absolute Gasteiger partial charge is 0.299 e. The molecule has 13 N–H and O–H groups in total. The van der Waals surface area contributed by atoms with Gasteiger partial charge >= 0.3 is 0 Å². The molecule has 570 valence electrons. The molecule has 30 nitrogen and oxygen atoms in total. The lowest BCUT2D eigenvalue weighted by atomic mass is 9.88. The molecule has 6 aliphatic rings. The molecular formula is C65H99Br2ClN14O16S4. The number of sulfonamides is 1. The maximum atomic E-state index is 12.8. The number of carbonyl (C=O) groups is 2. The summed E-state index contributed by atoms with van der Waals surface area (Å²) in [5.74, 6) is 3.06. The molecule has 4 aromatic carbocycles. The highest BCUT2D eigenvalue weighted by Gasteiger charge is 2.49. The maximum Gasteiger partial charge on any atom is 0.299 e. The summed E-state index contributed by atoms with van der Waals surface area (Å²) < 4.78 is 48.4. The summed E-state index contributed by atoms with van der Waals surface area (Å²) in [6.07, 6.45) is 16.3. The fraction of sp³-hybridized carbons (Fsp3) is 0.538. The Morgan fingerprint density at radius 3 is 1.28 bits per heavy atom. The van der Waals surface area contributed by atoms with E-state index in [1.54, 1.807) is 49.4 Å². The van der Waals surface area contributed by atoms with Gasteiger partial charge in [0.1, 0.15) is 22.7 Å². The van der Waals surface area contributed by atoms with Crippen molar-refractivity contribution in [2.24, 2.45) is 39.0 Å². The van der Waals surface area contributed by atoms with Gasteiger partial charge in [-0.1, -0.05) is 118 Å². The number of aryl methyl sites for hydroxylation is 4. The number of rotatable bonds is 18. The third-order valence-corrected chi connectivity index (χ3v) is 20.3. The predicted octanol–water partition coefficient (Wildman–Crippen LogP) is 4.88. The van der Waals surface area contributed by atoms with Gasteiger partial charge < -0.3 is 54.6 Å². The van der Waals surface area contributed by atoms with Crippen molar-refractivity contribution in [3.05, 3.63) is 160 Å². The van der Waals surface area contributed by atoms with Crippen LogP contribution in [0.3, 0.4) is 0 Å². The van der Waals surface area contributed by atoms with Crippen molar-refractivity contribution in [2.75, 3.05) is 62.5 Å². The van der Waals surface area contributed by atoms with Gasteiger partial charge in [-0.15, -0.1) is 0 Å². The Morgan fingerprint density at radius 2 is 0.961 bits per heavy atom. The van der Waals surface area contributed by atoms with E-state index in [0.29, 0.717) is 47.4 Å². The van der Waals surface area contributed by atoms with Gasteiger partial charge in [-0.25, -0.2) is 21.1 Å². The van der Waals surface area contributed by atoms with E-state index < -0.39 is 44.9 Å². The number of aliphatic hydroxyl groups is 2. The normalized spacial score (nSPS) is 16.4. The molecular weight excluding hydrogens is 1560 g/mol. The summed E-state index contributed by atoms with van der Waals surface area (Å²) >= 11 is 8.71. The number of hydrogen-bond donors (Lipinski definition) is 9. The number of aliphatic imine (C=N–C) groups is 2. The van der Waals surface area contributed by atoms with Crippen LogP contribution in [-0.2, 0) is 54.3 Å². The fourth-order valence-corrected chi connectivity index (χ4v) is 14.4. The lowest BCUT2D eigenvalue weighted by molar-refractivity contribution is -0.385. The van der Waals surface area contributed by atoms with E-state index in [0.717, 1.165) is 99.0 Å². The van der Waals surface area contributed by atoms with Crippen molar-refractivity contribution in [3.63, 3.8) is 0 Å². The molecule has 102 heavy (non-hydrogen) atoms. The van der Waals surface area contributed by atoms with Crippen LogP contribution in [-0.4, -0.2) is 158 Å². The molecule has 2 saturated heterocycles. The van der Waals surface area contributed by atoms with E-state index in [4.69, 9.17) is 42.0 Å². The molecule has 10 rings (SSSR count). The highest BCUT2D eigenvalue weighted by Crippen LogP contribution is 2.36. The Hall–Kier alpha value is -6.74. The average molecular weight is 1660 g/mol. The number of non-ortho nitro benzene ring substituents is 4. The quantitative estimate of drug-likeness (QED) is 0.0122. The first kappa shape index (κ1) is 95.3. The van der Waals surface area contributed by atoms with Gasteiger partial charge in [-0.3, -0.25) is 71.2 Å². The van der Waals surface area contributed by atoms with Gasteiger partial charge in [0.2, 0.25) is 19.1 Å². The number of nitrogens with two attached hydrogens (primary N) is 4. The minimum absolute atomic E-state index is 0. The monoisotopic (exact) mass is 1650 g/mol. The standard InChI is InChI=1S/C21H28N4O5S.C13H21N3O.C9H11N3O2S.C8H8BrNO2.C8H8ClNO4S.C2H6O.CH4N2S.CH4O.2CH4.BrH/c26-20-21(23-19(22-20)17-6-2-1-3-7-17)10-12-24(13-11-21)31(29,30)14-9-16-5-4-8-18(15-16)25(27)28;17-12-13(6-8-14-9-7-13)16-11(15-12)10-4-2-1-3-5-10;10-9(11)15-5-4-7-2-1-3-8(6-7)12(13)14;9-5-4-7-2-1-3-8(6-7)10(11)12;9-15(13,14)5-4-7-2-1-3-8(6-7)10(11)12;1-2-3;2-1(3)4;1-2;;;/h4-5,8,15,17H,1-3,6-7,9-14H2,(H,22,23,26);10,14H,1-9H2,(H,15,16,17);1-3,6H,4-5H2,(H3,10,11);1-3,6H,4-5H2;1-3,6H,4-5H2;3H,2H2,1H3;(H4,2,3,4);2H,1H3;2*1H4;1H. The van der Waals surface area contributed by atoms with Crippen LogP contribution in [0, 0.1) is 52.3 Å². The van der Waals surface area contributed by atoms with Gasteiger partial charge in [0.05, 0.1) is 31.2 Å². The minimum atomic E-state index is -3.55. The summed E-state index contributed by atoms with van der Waals surface area (Å²) in [5, 5.41) is 72.5. The van der Waals surface area contributed by atoms with E-state index in [1.165, 1.54) is 97.1 Å². The molecule has 0 atom stereocenters. The number of carbonyl (C=O) groups excluding carboxylic acids is 2. The fourth-order valence-electron chi connectivity index (χ4n) is 11.2. The molecule has 4 aliphatic heterocycles. The Bertz CT molecular complexity index is 3630. The SMILES string of the molecule is C.C.CCO.CO.NC(=[NH2+])SCCc1cccc([N+](=O)[O-])c1.NC(N)=S.O=C1NC(C2CCCCC2)=NC12CCN(S(=O)(=O)CCc1cccc([N+](=O)[O-])c1)CC2.O=C1NC(C2CCCCC2)=NC12CCNCC2.O=[N+]([O-])c1cccc(CCBr)c1.O=[N+]([O-])c1cccc(CCS(=O)(=O)Cl)c1.[Br-]. The molecule has 4 fully saturated rings. The van der Waals surface area contributed by atoms with E-state index >= 15 is 0 Å². The minimum Gasteiger partial charge on any atom is -1.00 e. The van der Waals surface area contributed by atoms with Gasteiger partial charge in [-0.2, -0.15) is 0 Å². The summed E-state index contributed by atoms with van der Waals surface area (Å²) in [6, 6.07) is 25.1. The lowest BCUT2D eigenvalue weighted by Crippen LogP contribution is -3.00. The zero-order valence-electron chi connectivity index (χ0n) is 55.8. The number of nitro groups is 4. The Balaban J connectivity index is 0.00000125. The van der Waals surface area contributed by atoms with E-state index in [-0.39, 0.29) is 120 Å². The number of amides is 2. The van der Waals surface area contributed by atoms with Crippen molar-refractivity contribution in [1.29, 1.82) is 0 Å². The zero-order valence-corrected chi connectivity index (χ0v) is 63.0. The van der Waals surface area contributed by atoms with E-state index in [2.05, 4.69) is 55.6 Å². The van der Waals surface area contributed by atoms with Crippen molar-refractivity contribution in [3.8, 4) is 0 Å². The second-order valence-corrected chi connectivity index (χ2v) is 30.6. The number of benzene rings is 4. The molecule has 2 amide bonds. The predicted molar refractivity (Wildman–Crippen MR) is 406 cm³/mol. The number of nitrogens with one attached hydrogen (secondary N) is 3. The molecule has 4 aromatic rings. The molecule has 4 heterocycles. The number of piperidine rings is 2. The average Bonchev–Trinajstić information content (AvgIpc) is 1.61. The number of amidine groups is 3. The number of alkyl halides is 1. The second-order valence-electron chi connectivity index (χ2n) is 23.2. The van der Waals surface area contributed by atoms with Crippen LogP contribution in [0.5, 0.6) is 0 Å². The van der Waals surface area contributed by atoms with Gasteiger partial charge in [0, 0.05) is 109 Å². The van der Waals surface area contributed by atoms with Gasteiger partial charge in [-0.05, 0) is 143 Å². The molecule has 2 spiro atoms. The highest BCUT2D eigenvalue weighted by molar-refractivity contribution is 9.09. The Kier molecular flexibility index (Phi) is 45.8. The number of hydrogen-bond acceptors (Lipinski definition) is 21. The van der Waals surface area contributed by atoms with Crippen molar-refractivity contribution < 1.29 is 78.7 Å². The van der Waals surface area contributed by atoms with E-state index in [1.807, 2.05) is 12.1 Å². The molecule has 37 heteroatoms. The van der Waals surface area contributed by atoms with Crippen molar-refractivity contribution in [2.45, 2.75) is 148 Å². The Morgan fingerprint density at radius 1 is 0.637 bits per heavy atom. The number of nitrogens with zero attached hydrogens (tertiary/aromatic N) is 7. The number of aliphatic hydroxyl groups excluding tert-OH is 2. The van der Waals surface area contributed by atoms with Crippen LogP contribution < -0.4 is 55.5 Å².